The van der Waals surface area contributed by atoms with Gasteiger partial charge in [-0.1, -0.05) is 30.3 Å². The maximum atomic E-state index is 12.8. The predicted octanol–water partition coefficient (Wildman–Crippen LogP) is 2.82. The molecule has 4 rings (SSSR count). The van der Waals surface area contributed by atoms with Crippen LogP contribution in [0, 0.1) is 0 Å². The van der Waals surface area contributed by atoms with E-state index in [1.54, 1.807) is 0 Å². The molecule has 2 aliphatic heterocycles. The molecule has 0 radical (unpaired) electrons. The Morgan fingerprint density at radius 1 is 1.05 bits per heavy atom. The Morgan fingerprint density at radius 2 is 1.82 bits per heavy atom. The molecule has 0 atom stereocenters. The minimum Gasteiger partial charge on any atom is -0.346 e. The molecule has 0 bridgehead atoms. The largest absolute Gasteiger partial charge is 0.346 e. The van der Waals surface area contributed by atoms with E-state index < -0.39 is 5.79 Å². The number of piperidine rings is 1. The molecule has 1 amide bonds. The number of hydrogen-bond donors (Lipinski definition) is 0. The third-order valence-corrected chi connectivity index (χ3v) is 4.51. The highest BCUT2D eigenvalue weighted by atomic mass is 16.7. The summed E-state index contributed by atoms with van der Waals surface area (Å²) in [5, 5.41) is 2.24. The number of ether oxygens (including phenoxy) is 2. The molecule has 22 heavy (non-hydrogen) atoms. The van der Waals surface area contributed by atoms with Crippen molar-refractivity contribution >= 4 is 16.7 Å². The van der Waals surface area contributed by atoms with Crippen molar-refractivity contribution in [1.82, 2.24) is 4.90 Å². The normalized spacial score (nSPS) is 20.6. The molecule has 2 fully saturated rings. The molecule has 0 aromatic heterocycles. The van der Waals surface area contributed by atoms with Gasteiger partial charge >= 0.3 is 0 Å². The second kappa shape index (κ2) is 5.38. The molecule has 0 unspecified atom stereocenters. The molecule has 114 valence electrons. The lowest BCUT2D eigenvalue weighted by molar-refractivity contribution is -0.183. The van der Waals surface area contributed by atoms with E-state index in [9.17, 15) is 4.79 Å². The van der Waals surface area contributed by atoms with Crippen LogP contribution in [0.25, 0.3) is 10.8 Å². The molecule has 0 aliphatic carbocycles. The molecule has 4 nitrogen and oxygen atoms in total. The number of rotatable bonds is 1. The van der Waals surface area contributed by atoms with Gasteiger partial charge in [0.2, 0.25) is 0 Å². The van der Waals surface area contributed by atoms with Gasteiger partial charge in [0, 0.05) is 18.5 Å². The molecule has 2 saturated heterocycles. The summed E-state index contributed by atoms with van der Waals surface area (Å²) in [7, 11) is 0. The van der Waals surface area contributed by atoms with Crippen LogP contribution in [0.4, 0.5) is 0 Å². The summed E-state index contributed by atoms with van der Waals surface area (Å²) < 4.78 is 11.5. The fourth-order valence-electron chi connectivity index (χ4n) is 3.40. The summed E-state index contributed by atoms with van der Waals surface area (Å²) in [6, 6.07) is 14.0. The molecule has 2 aromatic rings. The number of benzene rings is 2. The van der Waals surface area contributed by atoms with Gasteiger partial charge in [-0.2, -0.15) is 0 Å². The van der Waals surface area contributed by atoms with Gasteiger partial charge in [-0.05, 0) is 29.3 Å². The zero-order valence-corrected chi connectivity index (χ0v) is 12.5. The van der Waals surface area contributed by atoms with Crippen molar-refractivity contribution in [2.75, 3.05) is 26.3 Å². The molecule has 2 aliphatic rings. The van der Waals surface area contributed by atoms with E-state index in [2.05, 4.69) is 6.07 Å². The van der Waals surface area contributed by atoms with Crippen LogP contribution in [-0.2, 0) is 9.47 Å². The second-order valence-corrected chi connectivity index (χ2v) is 6.00. The fraction of sp³-hybridized carbons (Fsp3) is 0.389. The number of fused-ring (bicyclic) bond motifs is 1. The van der Waals surface area contributed by atoms with Gasteiger partial charge in [0.15, 0.2) is 5.79 Å². The van der Waals surface area contributed by atoms with Crippen LogP contribution in [0.2, 0.25) is 0 Å². The minimum absolute atomic E-state index is 0.0592. The fourth-order valence-corrected chi connectivity index (χ4v) is 3.40. The number of nitrogens with zero attached hydrogens (tertiary/aromatic N) is 1. The molecule has 4 heteroatoms. The van der Waals surface area contributed by atoms with Gasteiger partial charge in [0.1, 0.15) is 0 Å². The van der Waals surface area contributed by atoms with Gasteiger partial charge in [-0.3, -0.25) is 4.79 Å². The molecule has 0 N–H and O–H groups in total. The minimum atomic E-state index is -0.565. The predicted molar refractivity (Wildman–Crippen MR) is 83.7 cm³/mol. The number of likely N-dealkylation sites (tertiary alicyclic amines) is 1. The van der Waals surface area contributed by atoms with E-state index in [-0.39, 0.29) is 5.91 Å². The SMILES string of the molecule is O=C(c1ccc2ccccc2c1)N1CCCC2(C1)OCCO2. The van der Waals surface area contributed by atoms with E-state index in [1.807, 2.05) is 41.3 Å². The topological polar surface area (TPSA) is 38.8 Å². The third kappa shape index (κ3) is 2.38. The van der Waals surface area contributed by atoms with Crippen molar-refractivity contribution in [2.45, 2.75) is 18.6 Å². The van der Waals surface area contributed by atoms with E-state index in [1.165, 1.54) is 0 Å². The number of amides is 1. The molecule has 2 aromatic carbocycles. The third-order valence-electron chi connectivity index (χ3n) is 4.51. The van der Waals surface area contributed by atoms with Gasteiger partial charge < -0.3 is 14.4 Å². The quantitative estimate of drug-likeness (QED) is 0.812. The molecular weight excluding hydrogens is 278 g/mol. The highest BCUT2D eigenvalue weighted by molar-refractivity contribution is 5.98. The maximum absolute atomic E-state index is 12.8. The van der Waals surface area contributed by atoms with Crippen LogP contribution < -0.4 is 0 Å². The standard InChI is InChI=1S/C18H19NO3/c20-17(16-7-6-14-4-1-2-5-15(14)12-16)19-9-3-8-18(13-19)21-10-11-22-18/h1-2,4-7,12H,3,8-11,13H2. The Labute approximate surface area is 129 Å². The van der Waals surface area contributed by atoms with Gasteiger partial charge in [-0.15, -0.1) is 0 Å². The lowest BCUT2D eigenvalue weighted by Crippen LogP contribution is -2.51. The van der Waals surface area contributed by atoms with E-state index >= 15 is 0 Å². The van der Waals surface area contributed by atoms with Gasteiger partial charge in [0.05, 0.1) is 19.8 Å². The summed E-state index contributed by atoms with van der Waals surface area (Å²) in [4.78, 5) is 14.7. The maximum Gasteiger partial charge on any atom is 0.254 e. The first kappa shape index (κ1) is 13.7. The van der Waals surface area contributed by atoms with Crippen LogP contribution in [0.3, 0.4) is 0 Å². The highest BCUT2D eigenvalue weighted by Crippen LogP contribution is 2.31. The first-order valence-corrected chi connectivity index (χ1v) is 7.82. The lowest BCUT2D eigenvalue weighted by Gasteiger charge is -2.38. The van der Waals surface area contributed by atoms with Gasteiger partial charge in [0.25, 0.3) is 5.91 Å². The Balaban J connectivity index is 1.59. The first-order valence-electron chi connectivity index (χ1n) is 7.82. The van der Waals surface area contributed by atoms with Crippen molar-refractivity contribution in [2.24, 2.45) is 0 Å². The van der Waals surface area contributed by atoms with Gasteiger partial charge in [-0.25, -0.2) is 0 Å². The molecule has 0 saturated carbocycles. The summed E-state index contributed by atoms with van der Waals surface area (Å²) in [5.74, 6) is -0.506. The van der Waals surface area contributed by atoms with Crippen molar-refractivity contribution in [3.05, 3.63) is 48.0 Å². The Kier molecular flexibility index (Phi) is 3.36. The molecule has 2 heterocycles. The summed E-state index contributed by atoms with van der Waals surface area (Å²) in [6.45, 7) is 2.54. The summed E-state index contributed by atoms with van der Waals surface area (Å²) in [5.41, 5.74) is 0.730. The van der Waals surface area contributed by atoms with Crippen molar-refractivity contribution in [3.63, 3.8) is 0 Å². The lowest BCUT2D eigenvalue weighted by atomic mass is 10.0. The van der Waals surface area contributed by atoms with Crippen LogP contribution in [0.5, 0.6) is 0 Å². The highest BCUT2D eigenvalue weighted by Gasteiger charge is 2.42. The van der Waals surface area contributed by atoms with E-state index in [0.29, 0.717) is 19.8 Å². The smallest absolute Gasteiger partial charge is 0.254 e. The van der Waals surface area contributed by atoms with Crippen LogP contribution >= 0.6 is 0 Å². The Hall–Kier alpha value is -1.91. The number of carbonyl (C=O) groups excluding carboxylic acids is 1. The van der Waals surface area contributed by atoms with Crippen molar-refractivity contribution < 1.29 is 14.3 Å². The van der Waals surface area contributed by atoms with Crippen LogP contribution in [0.1, 0.15) is 23.2 Å². The average Bonchev–Trinajstić information content (AvgIpc) is 3.01. The zero-order chi connectivity index (χ0) is 15.0. The Bertz CT molecular complexity index is 706. The summed E-state index contributed by atoms with van der Waals surface area (Å²) in [6.07, 6.45) is 1.79. The molecule has 1 spiro atoms. The zero-order valence-electron chi connectivity index (χ0n) is 12.5. The average molecular weight is 297 g/mol. The van der Waals surface area contributed by atoms with Crippen LogP contribution in [-0.4, -0.2) is 42.9 Å². The monoisotopic (exact) mass is 297 g/mol. The Morgan fingerprint density at radius 3 is 2.64 bits per heavy atom. The number of hydrogen-bond acceptors (Lipinski definition) is 3. The first-order chi connectivity index (χ1) is 10.8. The van der Waals surface area contributed by atoms with E-state index in [0.717, 1.165) is 35.7 Å². The number of carbonyl (C=O) groups is 1. The van der Waals surface area contributed by atoms with Crippen molar-refractivity contribution in [3.8, 4) is 0 Å². The van der Waals surface area contributed by atoms with Crippen molar-refractivity contribution in [1.29, 1.82) is 0 Å². The molecular formula is C18H19NO3. The second-order valence-electron chi connectivity index (χ2n) is 6.00. The van der Waals surface area contributed by atoms with Crippen LogP contribution in [0.15, 0.2) is 42.5 Å². The summed E-state index contributed by atoms with van der Waals surface area (Å²) >= 11 is 0. The van der Waals surface area contributed by atoms with E-state index in [4.69, 9.17) is 9.47 Å².